The van der Waals surface area contributed by atoms with E-state index in [1.807, 2.05) is 30.3 Å². The van der Waals surface area contributed by atoms with Crippen LogP contribution >= 0.6 is 0 Å². The first-order valence-corrected chi connectivity index (χ1v) is 6.49. The maximum atomic E-state index is 5.72. The van der Waals surface area contributed by atoms with E-state index in [1.54, 1.807) is 6.08 Å². The van der Waals surface area contributed by atoms with Crippen molar-refractivity contribution >= 4 is 11.6 Å². The van der Waals surface area contributed by atoms with Gasteiger partial charge in [0.25, 0.3) is 0 Å². The van der Waals surface area contributed by atoms with Gasteiger partial charge in [-0.3, -0.25) is 4.99 Å². The van der Waals surface area contributed by atoms with Crippen LogP contribution in [0.1, 0.15) is 13.8 Å². The van der Waals surface area contributed by atoms with Crippen LogP contribution in [-0.4, -0.2) is 25.6 Å². The van der Waals surface area contributed by atoms with Gasteiger partial charge >= 0.3 is 0 Å². The van der Waals surface area contributed by atoms with Crippen molar-refractivity contribution in [3.63, 3.8) is 0 Å². The second kappa shape index (κ2) is 7.59. The van der Waals surface area contributed by atoms with E-state index in [4.69, 9.17) is 5.73 Å². The number of rotatable bonds is 6. The third kappa shape index (κ3) is 6.06. The van der Waals surface area contributed by atoms with E-state index < -0.39 is 0 Å². The molecule has 0 fully saturated rings. The van der Waals surface area contributed by atoms with Crippen LogP contribution in [0, 0.1) is 5.41 Å². The summed E-state index contributed by atoms with van der Waals surface area (Å²) in [4.78, 5) is 4.57. The van der Waals surface area contributed by atoms with Crippen molar-refractivity contribution in [3.05, 3.63) is 43.0 Å². The molecular weight excluding hydrogens is 236 g/mol. The minimum atomic E-state index is -0.000519. The fraction of sp³-hybridized carbons (Fsp3) is 0.400. The van der Waals surface area contributed by atoms with E-state index in [-0.39, 0.29) is 5.41 Å². The molecule has 0 aromatic heterocycles. The number of nitrogens with one attached hydrogen (secondary N) is 2. The fourth-order valence-electron chi connectivity index (χ4n) is 1.32. The van der Waals surface area contributed by atoms with Gasteiger partial charge < -0.3 is 16.4 Å². The number of nitrogens with two attached hydrogens (primary N) is 1. The van der Waals surface area contributed by atoms with E-state index in [1.165, 1.54) is 0 Å². The van der Waals surface area contributed by atoms with Gasteiger partial charge in [-0.1, -0.05) is 38.1 Å². The smallest absolute Gasteiger partial charge is 0.196 e. The Morgan fingerprint density at radius 3 is 2.63 bits per heavy atom. The Labute approximate surface area is 115 Å². The zero-order chi connectivity index (χ0) is 14.1. The maximum Gasteiger partial charge on any atom is 0.196 e. The maximum absolute atomic E-state index is 5.72. The van der Waals surface area contributed by atoms with Gasteiger partial charge in [-0.05, 0) is 24.1 Å². The summed E-state index contributed by atoms with van der Waals surface area (Å²) in [5.74, 6) is 0.743. The lowest BCUT2D eigenvalue weighted by molar-refractivity contribution is 0.393. The molecule has 0 aliphatic rings. The second-order valence-corrected chi connectivity index (χ2v) is 5.19. The summed E-state index contributed by atoms with van der Waals surface area (Å²) in [5, 5.41) is 6.46. The first-order chi connectivity index (χ1) is 9.07. The minimum Gasteiger partial charge on any atom is -0.353 e. The topological polar surface area (TPSA) is 62.4 Å². The SMILES string of the molecule is C=CCNC(=NCC(C)(C)CN)Nc1ccccc1. The summed E-state index contributed by atoms with van der Waals surface area (Å²) in [6.45, 7) is 9.85. The predicted octanol–water partition coefficient (Wildman–Crippen LogP) is 2.21. The Morgan fingerprint density at radius 1 is 1.37 bits per heavy atom. The molecule has 0 aliphatic carbocycles. The van der Waals surface area contributed by atoms with Crippen LogP contribution in [0.2, 0.25) is 0 Å². The first-order valence-electron chi connectivity index (χ1n) is 6.49. The highest BCUT2D eigenvalue weighted by atomic mass is 15.2. The third-order valence-electron chi connectivity index (χ3n) is 2.67. The van der Waals surface area contributed by atoms with E-state index in [2.05, 4.69) is 36.1 Å². The summed E-state index contributed by atoms with van der Waals surface area (Å²) in [5.41, 5.74) is 6.72. The van der Waals surface area contributed by atoms with Crippen LogP contribution in [0.15, 0.2) is 48.0 Å². The van der Waals surface area contributed by atoms with Crippen molar-refractivity contribution in [1.82, 2.24) is 5.32 Å². The molecular formula is C15H24N4. The van der Waals surface area contributed by atoms with Crippen LogP contribution in [-0.2, 0) is 0 Å². The van der Waals surface area contributed by atoms with E-state index in [0.717, 1.165) is 11.6 Å². The van der Waals surface area contributed by atoms with Gasteiger partial charge in [0.15, 0.2) is 5.96 Å². The number of benzene rings is 1. The summed E-state index contributed by atoms with van der Waals surface area (Å²) in [6, 6.07) is 9.95. The first kappa shape index (κ1) is 15.2. The standard InChI is InChI=1S/C15H24N4/c1-4-10-17-14(18-12-15(2,3)11-16)19-13-8-6-5-7-9-13/h4-9H,1,10-12,16H2,2-3H3,(H2,17,18,19). The lowest BCUT2D eigenvalue weighted by Crippen LogP contribution is -2.34. The quantitative estimate of drug-likeness (QED) is 0.417. The number of hydrogen-bond acceptors (Lipinski definition) is 2. The molecule has 1 aromatic rings. The van der Waals surface area contributed by atoms with Gasteiger partial charge in [-0.2, -0.15) is 0 Å². The van der Waals surface area contributed by atoms with E-state index >= 15 is 0 Å². The Hall–Kier alpha value is -1.81. The lowest BCUT2D eigenvalue weighted by atomic mass is 9.94. The molecule has 0 saturated heterocycles. The highest BCUT2D eigenvalue weighted by molar-refractivity contribution is 5.93. The van der Waals surface area contributed by atoms with E-state index in [0.29, 0.717) is 19.6 Å². The lowest BCUT2D eigenvalue weighted by Gasteiger charge is -2.20. The molecule has 0 spiro atoms. The molecule has 104 valence electrons. The van der Waals surface area contributed by atoms with Crippen molar-refractivity contribution in [3.8, 4) is 0 Å². The monoisotopic (exact) mass is 260 g/mol. The molecule has 4 heteroatoms. The van der Waals surface area contributed by atoms with Crippen LogP contribution in [0.3, 0.4) is 0 Å². The Balaban J connectivity index is 2.71. The average molecular weight is 260 g/mol. The summed E-state index contributed by atoms with van der Waals surface area (Å²) < 4.78 is 0. The molecule has 1 rings (SSSR count). The molecule has 1 aromatic carbocycles. The molecule has 4 nitrogen and oxygen atoms in total. The van der Waals surface area contributed by atoms with Crippen LogP contribution in [0.4, 0.5) is 5.69 Å². The van der Waals surface area contributed by atoms with Crippen LogP contribution < -0.4 is 16.4 Å². The van der Waals surface area contributed by atoms with Gasteiger partial charge in [0.05, 0.1) is 0 Å². The third-order valence-corrected chi connectivity index (χ3v) is 2.67. The number of hydrogen-bond donors (Lipinski definition) is 3. The minimum absolute atomic E-state index is 0.000519. The van der Waals surface area contributed by atoms with Gasteiger partial charge in [-0.25, -0.2) is 0 Å². The van der Waals surface area contributed by atoms with Crippen molar-refractivity contribution in [2.24, 2.45) is 16.1 Å². The number of guanidine groups is 1. The van der Waals surface area contributed by atoms with E-state index in [9.17, 15) is 0 Å². The highest BCUT2D eigenvalue weighted by Crippen LogP contribution is 2.12. The van der Waals surface area contributed by atoms with Crippen LogP contribution in [0.25, 0.3) is 0 Å². The fourth-order valence-corrected chi connectivity index (χ4v) is 1.32. The number of anilines is 1. The van der Waals surface area contributed by atoms with Gasteiger partial charge in [0.1, 0.15) is 0 Å². The molecule has 4 N–H and O–H groups in total. The molecule has 0 saturated carbocycles. The Morgan fingerprint density at radius 2 is 2.05 bits per heavy atom. The summed E-state index contributed by atoms with van der Waals surface area (Å²) in [6.07, 6.45) is 1.80. The summed E-state index contributed by atoms with van der Waals surface area (Å²) in [7, 11) is 0. The van der Waals surface area contributed by atoms with Crippen LogP contribution in [0.5, 0.6) is 0 Å². The average Bonchev–Trinajstić information content (AvgIpc) is 2.43. The van der Waals surface area contributed by atoms with Crippen molar-refractivity contribution in [1.29, 1.82) is 0 Å². The predicted molar refractivity (Wildman–Crippen MR) is 83.4 cm³/mol. The Kier molecular flexibility index (Phi) is 6.09. The molecule has 0 amide bonds. The largest absolute Gasteiger partial charge is 0.353 e. The Bertz CT molecular complexity index is 409. The highest BCUT2D eigenvalue weighted by Gasteiger charge is 2.14. The summed E-state index contributed by atoms with van der Waals surface area (Å²) >= 11 is 0. The molecule has 0 atom stereocenters. The molecule has 19 heavy (non-hydrogen) atoms. The van der Waals surface area contributed by atoms with Gasteiger partial charge in [0, 0.05) is 18.8 Å². The van der Waals surface area contributed by atoms with Crippen molar-refractivity contribution in [2.45, 2.75) is 13.8 Å². The molecule has 0 radical (unpaired) electrons. The van der Waals surface area contributed by atoms with Crippen molar-refractivity contribution < 1.29 is 0 Å². The molecule has 0 unspecified atom stereocenters. The second-order valence-electron chi connectivity index (χ2n) is 5.19. The van der Waals surface area contributed by atoms with Gasteiger partial charge in [0.2, 0.25) is 0 Å². The number of aliphatic imine (C=N–C) groups is 1. The number of nitrogens with zero attached hydrogens (tertiary/aromatic N) is 1. The van der Waals surface area contributed by atoms with Crippen molar-refractivity contribution in [2.75, 3.05) is 25.0 Å². The molecule has 0 heterocycles. The normalized spacial score (nSPS) is 12.1. The number of para-hydroxylation sites is 1. The zero-order valence-electron chi connectivity index (χ0n) is 11.8. The molecule has 0 bridgehead atoms. The molecule has 0 aliphatic heterocycles. The van der Waals surface area contributed by atoms with Gasteiger partial charge in [-0.15, -0.1) is 6.58 Å². The zero-order valence-corrected chi connectivity index (χ0v) is 11.8.